The van der Waals surface area contributed by atoms with Crippen molar-refractivity contribution in [1.29, 1.82) is 0 Å². The van der Waals surface area contributed by atoms with E-state index in [0.29, 0.717) is 5.69 Å². The van der Waals surface area contributed by atoms with Crippen LogP contribution in [0.2, 0.25) is 0 Å². The standard InChI is InChI=1S/C27H22F2N2O4/c1-17(27(33)31-22-13-6-5-10-19(22)18-8-3-2-4-9-18)34-25(32)15-14-24-30-16-23(35-24)26-20(28)11-7-12-21(26)29/h2-13,16-17H,14-15H2,1H3,(H,31,33). The minimum absolute atomic E-state index is 0.0418. The lowest BCUT2D eigenvalue weighted by Gasteiger charge is -2.15. The molecule has 4 aromatic rings. The van der Waals surface area contributed by atoms with E-state index in [9.17, 15) is 18.4 Å². The summed E-state index contributed by atoms with van der Waals surface area (Å²) in [5, 5.41) is 2.80. The van der Waals surface area contributed by atoms with Crippen molar-refractivity contribution < 1.29 is 27.5 Å². The molecule has 0 aliphatic heterocycles. The molecule has 1 aromatic heterocycles. The fourth-order valence-electron chi connectivity index (χ4n) is 3.49. The third kappa shape index (κ3) is 5.78. The lowest BCUT2D eigenvalue weighted by atomic mass is 10.0. The van der Waals surface area contributed by atoms with Crippen molar-refractivity contribution in [2.24, 2.45) is 0 Å². The van der Waals surface area contributed by atoms with E-state index in [1.54, 1.807) is 12.1 Å². The molecule has 0 bridgehead atoms. The largest absolute Gasteiger partial charge is 0.453 e. The molecule has 1 N–H and O–H groups in total. The Morgan fingerprint density at radius 3 is 2.40 bits per heavy atom. The number of oxazole rings is 1. The van der Waals surface area contributed by atoms with Gasteiger partial charge in [-0.2, -0.15) is 0 Å². The molecule has 4 rings (SSSR count). The minimum atomic E-state index is -1.04. The summed E-state index contributed by atoms with van der Waals surface area (Å²) in [5.41, 5.74) is 2.05. The van der Waals surface area contributed by atoms with Gasteiger partial charge in [-0.15, -0.1) is 0 Å². The van der Waals surface area contributed by atoms with E-state index in [1.807, 2.05) is 42.5 Å². The number of anilines is 1. The number of benzene rings is 3. The Morgan fingerprint density at radius 1 is 0.971 bits per heavy atom. The Labute approximate surface area is 200 Å². The van der Waals surface area contributed by atoms with E-state index in [1.165, 1.54) is 19.2 Å². The first-order valence-electron chi connectivity index (χ1n) is 11.0. The van der Waals surface area contributed by atoms with Crippen LogP contribution in [0.25, 0.3) is 22.5 Å². The van der Waals surface area contributed by atoms with Crippen LogP contribution in [0, 0.1) is 11.6 Å². The number of nitrogens with zero attached hydrogens (tertiary/aromatic N) is 1. The van der Waals surface area contributed by atoms with Crippen LogP contribution < -0.4 is 5.32 Å². The van der Waals surface area contributed by atoms with Crippen molar-refractivity contribution in [2.75, 3.05) is 5.32 Å². The third-order valence-corrected chi connectivity index (χ3v) is 5.25. The smallest absolute Gasteiger partial charge is 0.307 e. The number of ether oxygens (including phenoxy) is 1. The highest BCUT2D eigenvalue weighted by atomic mass is 19.1. The number of hydrogen-bond donors (Lipinski definition) is 1. The number of esters is 1. The number of halogens is 2. The number of rotatable bonds is 8. The maximum atomic E-state index is 13.9. The summed E-state index contributed by atoms with van der Waals surface area (Å²) >= 11 is 0. The Kier molecular flexibility index (Phi) is 7.30. The van der Waals surface area contributed by atoms with E-state index in [4.69, 9.17) is 9.15 Å². The quantitative estimate of drug-likeness (QED) is 0.326. The van der Waals surface area contributed by atoms with Crippen LogP contribution in [0.4, 0.5) is 14.5 Å². The minimum Gasteiger partial charge on any atom is -0.453 e. The molecule has 0 spiro atoms. The summed E-state index contributed by atoms with van der Waals surface area (Å²) in [5.74, 6) is -2.63. The SMILES string of the molecule is CC(OC(=O)CCc1ncc(-c2c(F)cccc2F)o1)C(=O)Nc1ccccc1-c1ccccc1. The van der Waals surface area contributed by atoms with Gasteiger partial charge in [0.15, 0.2) is 17.8 Å². The predicted molar refractivity (Wildman–Crippen MR) is 126 cm³/mol. The number of carbonyl (C=O) groups excluding carboxylic acids is 2. The van der Waals surface area contributed by atoms with E-state index in [-0.39, 0.29) is 30.1 Å². The number of nitrogens with one attached hydrogen (secondary N) is 1. The zero-order valence-corrected chi connectivity index (χ0v) is 18.8. The maximum absolute atomic E-state index is 13.9. The first-order chi connectivity index (χ1) is 16.9. The van der Waals surface area contributed by atoms with Gasteiger partial charge < -0.3 is 14.5 Å². The van der Waals surface area contributed by atoms with Crippen molar-refractivity contribution in [2.45, 2.75) is 25.9 Å². The molecule has 0 aliphatic rings. The molecule has 1 unspecified atom stereocenters. The fourth-order valence-corrected chi connectivity index (χ4v) is 3.49. The van der Waals surface area contributed by atoms with E-state index >= 15 is 0 Å². The number of carbonyl (C=O) groups is 2. The molecule has 0 radical (unpaired) electrons. The monoisotopic (exact) mass is 476 g/mol. The molecule has 8 heteroatoms. The van der Waals surface area contributed by atoms with Gasteiger partial charge in [0.25, 0.3) is 5.91 Å². The molecule has 35 heavy (non-hydrogen) atoms. The summed E-state index contributed by atoms with van der Waals surface area (Å²) in [6, 6.07) is 20.4. The Balaban J connectivity index is 1.33. The van der Waals surface area contributed by atoms with Crippen LogP contribution in [0.3, 0.4) is 0 Å². The van der Waals surface area contributed by atoms with Gasteiger partial charge in [0, 0.05) is 17.7 Å². The molecular formula is C27H22F2N2O4. The van der Waals surface area contributed by atoms with Gasteiger partial charge in [0.05, 0.1) is 18.2 Å². The lowest BCUT2D eigenvalue weighted by Crippen LogP contribution is -2.30. The highest BCUT2D eigenvalue weighted by Gasteiger charge is 2.20. The number of hydrogen-bond acceptors (Lipinski definition) is 5. The Morgan fingerprint density at radius 2 is 1.66 bits per heavy atom. The van der Waals surface area contributed by atoms with Crippen molar-refractivity contribution in [3.63, 3.8) is 0 Å². The molecule has 0 fully saturated rings. The molecule has 3 aromatic carbocycles. The topological polar surface area (TPSA) is 81.4 Å². The van der Waals surface area contributed by atoms with Crippen molar-refractivity contribution in [3.8, 4) is 22.5 Å². The van der Waals surface area contributed by atoms with Gasteiger partial charge in [-0.25, -0.2) is 13.8 Å². The summed E-state index contributed by atoms with van der Waals surface area (Å²) in [4.78, 5) is 28.9. The normalized spacial score (nSPS) is 11.6. The Hall–Kier alpha value is -4.33. The number of amides is 1. The van der Waals surface area contributed by atoms with Crippen molar-refractivity contribution in [1.82, 2.24) is 4.98 Å². The predicted octanol–water partition coefficient (Wildman–Crippen LogP) is 5.79. The number of aryl methyl sites for hydroxylation is 1. The average molecular weight is 476 g/mol. The first-order valence-corrected chi connectivity index (χ1v) is 11.0. The van der Waals surface area contributed by atoms with E-state index in [0.717, 1.165) is 23.3 Å². The molecule has 0 aliphatic carbocycles. The zero-order chi connectivity index (χ0) is 24.8. The number of aromatic nitrogens is 1. The van der Waals surface area contributed by atoms with Crippen LogP contribution in [0.15, 0.2) is 83.4 Å². The number of para-hydroxylation sites is 1. The van der Waals surface area contributed by atoms with E-state index in [2.05, 4.69) is 10.3 Å². The summed E-state index contributed by atoms with van der Waals surface area (Å²) in [6.07, 6.45) is 0.0689. The maximum Gasteiger partial charge on any atom is 0.307 e. The summed E-state index contributed by atoms with van der Waals surface area (Å²) < 4.78 is 38.5. The van der Waals surface area contributed by atoms with Crippen LogP contribution >= 0.6 is 0 Å². The third-order valence-electron chi connectivity index (χ3n) is 5.25. The van der Waals surface area contributed by atoms with Crippen LogP contribution in [0.5, 0.6) is 0 Å². The fraction of sp³-hybridized carbons (Fsp3) is 0.148. The highest BCUT2D eigenvalue weighted by Crippen LogP contribution is 2.28. The average Bonchev–Trinajstić information content (AvgIpc) is 3.32. The van der Waals surface area contributed by atoms with E-state index < -0.39 is 29.6 Å². The molecule has 0 saturated carbocycles. The first kappa shape index (κ1) is 23.8. The molecule has 0 saturated heterocycles. The van der Waals surface area contributed by atoms with Crippen LogP contribution in [0.1, 0.15) is 19.2 Å². The summed E-state index contributed by atoms with van der Waals surface area (Å²) in [7, 11) is 0. The summed E-state index contributed by atoms with van der Waals surface area (Å²) in [6.45, 7) is 1.47. The van der Waals surface area contributed by atoms with Crippen LogP contribution in [-0.4, -0.2) is 23.0 Å². The zero-order valence-electron chi connectivity index (χ0n) is 18.8. The van der Waals surface area contributed by atoms with Crippen molar-refractivity contribution in [3.05, 3.63) is 96.5 Å². The molecule has 1 amide bonds. The molecular weight excluding hydrogens is 454 g/mol. The molecule has 1 atom stereocenters. The van der Waals surface area contributed by atoms with Gasteiger partial charge in [-0.1, -0.05) is 54.6 Å². The van der Waals surface area contributed by atoms with Crippen LogP contribution in [-0.2, 0) is 20.7 Å². The van der Waals surface area contributed by atoms with Gasteiger partial charge in [-0.05, 0) is 30.7 Å². The molecule has 178 valence electrons. The van der Waals surface area contributed by atoms with Gasteiger partial charge in [0.2, 0.25) is 0 Å². The second kappa shape index (κ2) is 10.7. The Bertz CT molecular complexity index is 1320. The molecule has 6 nitrogen and oxygen atoms in total. The van der Waals surface area contributed by atoms with Gasteiger partial charge >= 0.3 is 5.97 Å². The highest BCUT2D eigenvalue weighted by molar-refractivity contribution is 5.98. The second-order valence-corrected chi connectivity index (χ2v) is 7.75. The van der Waals surface area contributed by atoms with Gasteiger partial charge in [0.1, 0.15) is 11.6 Å². The van der Waals surface area contributed by atoms with Crippen molar-refractivity contribution >= 4 is 17.6 Å². The lowest BCUT2D eigenvalue weighted by molar-refractivity contribution is -0.153. The van der Waals surface area contributed by atoms with Gasteiger partial charge in [-0.3, -0.25) is 9.59 Å². The second-order valence-electron chi connectivity index (χ2n) is 7.75. The molecule has 1 heterocycles.